The Morgan fingerprint density at radius 2 is 1.90 bits per heavy atom. The maximum absolute atomic E-state index is 13.2. The van der Waals surface area contributed by atoms with Crippen LogP contribution in [0.3, 0.4) is 0 Å². The number of rotatable bonds is 5. The van der Waals surface area contributed by atoms with Crippen molar-refractivity contribution in [2.45, 2.75) is 19.4 Å². The summed E-state index contributed by atoms with van der Waals surface area (Å²) in [6, 6.07) is 12.5. The second kappa shape index (κ2) is 6.50. The molecule has 3 N–H and O–H groups in total. The first-order chi connectivity index (χ1) is 9.63. The van der Waals surface area contributed by atoms with Gasteiger partial charge in [0.15, 0.2) is 0 Å². The molecule has 1 unspecified atom stereocenters. The molecule has 2 aromatic rings. The van der Waals surface area contributed by atoms with Gasteiger partial charge in [0.05, 0.1) is 13.2 Å². The highest BCUT2D eigenvalue weighted by Gasteiger charge is 2.13. The van der Waals surface area contributed by atoms with E-state index in [4.69, 9.17) is 10.6 Å². The summed E-state index contributed by atoms with van der Waals surface area (Å²) in [5.41, 5.74) is 5.83. The van der Waals surface area contributed by atoms with Crippen LogP contribution in [-0.4, -0.2) is 7.11 Å². The number of benzene rings is 2. The summed E-state index contributed by atoms with van der Waals surface area (Å²) in [5.74, 6) is 6.24. The van der Waals surface area contributed by atoms with Crippen LogP contribution in [0.4, 0.5) is 4.39 Å². The number of aryl methyl sites for hydroxylation is 1. The van der Waals surface area contributed by atoms with Gasteiger partial charge in [-0.3, -0.25) is 11.3 Å². The topological polar surface area (TPSA) is 47.3 Å². The number of hydrogen-bond donors (Lipinski definition) is 2. The third-order valence-electron chi connectivity index (χ3n) is 3.41. The van der Waals surface area contributed by atoms with Crippen molar-refractivity contribution in [2.24, 2.45) is 5.84 Å². The van der Waals surface area contributed by atoms with Gasteiger partial charge >= 0.3 is 0 Å². The molecule has 0 radical (unpaired) electrons. The lowest BCUT2D eigenvalue weighted by molar-refractivity contribution is 0.414. The van der Waals surface area contributed by atoms with E-state index in [1.54, 1.807) is 13.2 Å². The van der Waals surface area contributed by atoms with Gasteiger partial charge in [-0.25, -0.2) is 4.39 Å². The lowest BCUT2D eigenvalue weighted by Gasteiger charge is -2.19. The van der Waals surface area contributed by atoms with Crippen LogP contribution in [0.15, 0.2) is 42.5 Å². The van der Waals surface area contributed by atoms with Crippen molar-refractivity contribution in [1.82, 2.24) is 5.43 Å². The van der Waals surface area contributed by atoms with Crippen LogP contribution in [0.1, 0.15) is 22.7 Å². The van der Waals surface area contributed by atoms with Gasteiger partial charge in [-0.15, -0.1) is 0 Å². The fourth-order valence-electron chi connectivity index (χ4n) is 2.29. The molecule has 2 aromatic carbocycles. The van der Waals surface area contributed by atoms with Crippen LogP contribution in [0.2, 0.25) is 0 Å². The molecular formula is C16H19FN2O. The minimum atomic E-state index is -0.230. The lowest BCUT2D eigenvalue weighted by atomic mass is 9.96. The van der Waals surface area contributed by atoms with E-state index in [9.17, 15) is 4.39 Å². The molecule has 0 fully saturated rings. The van der Waals surface area contributed by atoms with Gasteiger partial charge in [0.25, 0.3) is 0 Å². The number of hydrogen-bond acceptors (Lipinski definition) is 3. The standard InChI is InChI=1S/C16H19FN2O/c1-11-9-13(17)5-8-15(11)16(19-18)10-12-3-6-14(20-2)7-4-12/h3-9,16,19H,10,18H2,1-2H3. The summed E-state index contributed by atoms with van der Waals surface area (Å²) in [4.78, 5) is 0. The fraction of sp³-hybridized carbons (Fsp3) is 0.250. The van der Waals surface area contributed by atoms with E-state index in [2.05, 4.69) is 5.43 Å². The Hall–Kier alpha value is -1.91. The second-order valence-electron chi connectivity index (χ2n) is 4.77. The molecule has 0 aliphatic heterocycles. The van der Waals surface area contributed by atoms with E-state index >= 15 is 0 Å². The number of ether oxygens (including phenoxy) is 1. The summed E-state index contributed by atoms with van der Waals surface area (Å²) in [7, 11) is 1.64. The second-order valence-corrected chi connectivity index (χ2v) is 4.77. The molecule has 20 heavy (non-hydrogen) atoms. The zero-order chi connectivity index (χ0) is 14.5. The Morgan fingerprint density at radius 1 is 1.20 bits per heavy atom. The van der Waals surface area contributed by atoms with Gasteiger partial charge in [0.2, 0.25) is 0 Å². The van der Waals surface area contributed by atoms with Crippen LogP contribution in [-0.2, 0) is 6.42 Å². The van der Waals surface area contributed by atoms with E-state index in [1.165, 1.54) is 12.1 Å². The first-order valence-corrected chi connectivity index (χ1v) is 6.49. The van der Waals surface area contributed by atoms with Crippen molar-refractivity contribution in [3.63, 3.8) is 0 Å². The Labute approximate surface area is 118 Å². The number of methoxy groups -OCH3 is 1. The number of hydrazine groups is 1. The number of nitrogens with one attached hydrogen (secondary N) is 1. The molecule has 0 saturated heterocycles. The highest BCUT2D eigenvalue weighted by Crippen LogP contribution is 2.23. The predicted octanol–water partition coefficient (Wildman–Crippen LogP) is 2.89. The van der Waals surface area contributed by atoms with Crippen LogP contribution >= 0.6 is 0 Å². The first-order valence-electron chi connectivity index (χ1n) is 6.49. The van der Waals surface area contributed by atoms with Crippen molar-refractivity contribution in [2.75, 3.05) is 7.11 Å². The molecule has 0 amide bonds. The average molecular weight is 274 g/mol. The maximum Gasteiger partial charge on any atom is 0.123 e. The molecule has 0 aliphatic rings. The van der Waals surface area contributed by atoms with E-state index < -0.39 is 0 Å². The predicted molar refractivity (Wildman–Crippen MR) is 77.9 cm³/mol. The van der Waals surface area contributed by atoms with E-state index in [1.807, 2.05) is 31.2 Å². The molecular weight excluding hydrogens is 255 g/mol. The normalized spacial score (nSPS) is 12.2. The minimum Gasteiger partial charge on any atom is -0.497 e. The summed E-state index contributed by atoms with van der Waals surface area (Å²) in [6.45, 7) is 1.89. The molecule has 0 spiro atoms. The smallest absolute Gasteiger partial charge is 0.123 e. The quantitative estimate of drug-likeness (QED) is 0.651. The van der Waals surface area contributed by atoms with Gasteiger partial charge in [-0.2, -0.15) is 0 Å². The van der Waals surface area contributed by atoms with Crippen LogP contribution in [0.5, 0.6) is 5.75 Å². The van der Waals surface area contributed by atoms with Crippen molar-refractivity contribution in [3.8, 4) is 5.75 Å². The fourth-order valence-corrected chi connectivity index (χ4v) is 2.29. The van der Waals surface area contributed by atoms with Crippen molar-refractivity contribution < 1.29 is 9.13 Å². The highest BCUT2D eigenvalue weighted by atomic mass is 19.1. The number of nitrogens with two attached hydrogens (primary N) is 1. The summed E-state index contributed by atoms with van der Waals surface area (Å²) >= 11 is 0. The van der Waals surface area contributed by atoms with Gasteiger partial charge in [-0.1, -0.05) is 18.2 Å². The SMILES string of the molecule is COc1ccc(CC(NN)c2ccc(F)cc2C)cc1. The zero-order valence-corrected chi connectivity index (χ0v) is 11.7. The molecule has 3 nitrogen and oxygen atoms in total. The molecule has 1 atom stereocenters. The third-order valence-corrected chi connectivity index (χ3v) is 3.41. The highest BCUT2D eigenvalue weighted by molar-refractivity contribution is 5.33. The summed E-state index contributed by atoms with van der Waals surface area (Å²) < 4.78 is 18.3. The zero-order valence-electron chi connectivity index (χ0n) is 11.7. The Morgan fingerprint density at radius 3 is 2.45 bits per heavy atom. The molecule has 0 saturated carbocycles. The van der Waals surface area contributed by atoms with E-state index in [0.717, 1.165) is 28.9 Å². The van der Waals surface area contributed by atoms with Gasteiger partial charge in [0.1, 0.15) is 11.6 Å². The van der Waals surface area contributed by atoms with Crippen molar-refractivity contribution in [1.29, 1.82) is 0 Å². The monoisotopic (exact) mass is 274 g/mol. The van der Waals surface area contributed by atoms with Crippen LogP contribution < -0.4 is 16.0 Å². The Bertz CT molecular complexity index is 569. The minimum absolute atomic E-state index is 0.0519. The first kappa shape index (κ1) is 14.5. The summed E-state index contributed by atoms with van der Waals surface area (Å²) in [5, 5.41) is 0. The molecule has 106 valence electrons. The lowest BCUT2D eigenvalue weighted by Crippen LogP contribution is -2.30. The molecule has 2 rings (SSSR count). The average Bonchev–Trinajstić information content (AvgIpc) is 2.46. The van der Waals surface area contributed by atoms with Gasteiger partial charge in [-0.05, 0) is 54.3 Å². The number of halogens is 1. The Kier molecular flexibility index (Phi) is 4.71. The van der Waals surface area contributed by atoms with Crippen molar-refractivity contribution in [3.05, 3.63) is 65.0 Å². The molecule has 0 aromatic heterocycles. The van der Waals surface area contributed by atoms with Crippen molar-refractivity contribution >= 4 is 0 Å². The maximum atomic E-state index is 13.2. The van der Waals surface area contributed by atoms with Crippen LogP contribution in [0, 0.1) is 12.7 Å². The molecule has 4 heteroatoms. The largest absolute Gasteiger partial charge is 0.497 e. The van der Waals surface area contributed by atoms with Gasteiger partial charge < -0.3 is 4.74 Å². The Balaban J connectivity index is 2.19. The van der Waals surface area contributed by atoms with Gasteiger partial charge in [0, 0.05) is 0 Å². The molecule has 0 bridgehead atoms. The van der Waals surface area contributed by atoms with E-state index in [0.29, 0.717) is 0 Å². The van der Waals surface area contributed by atoms with E-state index in [-0.39, 0.29) is 11.9 Å². The molecule has 0 aliphatic carbocycles. The molecule has 0 heterocycles. The summed E-state index contributed by atoms with van der Waals surface area (Å²) in [6.07, 6.45) is 0.729. The third kappa shape index (κ3) is 3.35. The van der Waals surface area contributed by atoms with Crippen LogP contribution in [0.25, 0.3) is 0 Å².